The third-order valence-corrected chi connectivity index (χ3v) is 2.87. The Morgan fingerprint density at radius 2 is 1.89 bits per heavy atom. The summed E-state index contributed by atoms with van der Waals surface area (Å²) in [4.78, 5) is 18.4. The minimum Gasteiger partial charge on any atom is -0.309 e. The number of pyridine rings is 1. The van der Waals surface area contributed by atoms with Crippen LogP contribution in [0.2, 0.25) is 0 Å². The number of aromatic nitrogens is 1. The molecule has 92 valence electrons. The van der Waals surface area contributed by atoms with Crippen LogP contribution < -0.4 is 4.90 Å². The first-order valence-corrected chi connectivity index (χ1v) is 6.02. The lowest BCUT2D eigenvalue weighted by atomic mass is 10.1. The first-order chi connectivity index (χ1) is 8.74. The van der Waals surface area contributed by atoms with Crippen LogP contribution in [0.25, 0.3) is 0 Å². The number of benzene rings is 1. The van der Waals surface area contributed by atoms with Crippen LogP contribution in [0.15, 0.2) is 48.7 Å². The van der Waals surface area contributed by atoms with Crippen molar-refractivity contribution in [3.05, 3.63) is 59.9 Å². The number of anilines is 1. The summed E-state index contributed by atoms with van der Waals surface area (Å²) in [5.74, 6) is -0.00528. The van der Waals surface area contributed by atoms with E-state index in [1.807, 2.05) is 50.2 Å². The van der Waals surface area contributed by atoms with E-state index in [1.165, 1.54) is 0 Å². The van der Waals surface area contributed by atoms with E-state index in [0.717, 1.165) is 11.4 Å². The van der Waals surface area contributed by atoms with E-state index in [0.29, 0.717) is 12.1 Å². The molecule has 1 aromatic heterocycles. The Kier molecular flexibility index (Phi) is 3.72. The van der Waals surface area contributed by atoms with E-state index in [4.69, 9.17) is 0 Å². The van der Waals surface area contributed by atoms with Crippen molar-refractivity contribution < 1.29 is 4.79 Å². The molecule has 0 bridgehead atoms. The highest BCUT2D eigenvalue weighted by molar-refractivity contribution is 6.06. The van der Waals surface area contributed by atoms with Gasteiger partial charge >= 0.3 is 0 Å². The van der Waals surface area contributed by atoms with Gasteiger partial charge in [0.1, 0.15) is 0 Å². The molecule has 2 aromatic rings. The third-order valence-electron chi connectivity index (χ3n) is 2.87. The number of nitrogens with zero attached hydrogens (tertiary/aromatic N) is 2. The number of hydrogen-bond acceptors (Lipinski definition) is 2. The second-order valence-electron chi connectivity index (χ2n) is 4.02. The van der Waals surface area contributed by atoms with Crippen molar-refractivity contribution in [2.24, 2.45) is 0 Å². The predicted molar refractivity (Wildman–Crippen MR) is 72.8 cm³/mol. The maximum absolute atomic E-state index is 12.5. The second kappa shape index (κ2) is 5.45. The van der Waals surface area contributed by atoms with E-state index >= 15 is 0 Å². The summed E-state index contributed by atoms with van der Waals surface area (Å²) in [6.45, 7) is 4.46. The van der Waals surface area contributed by atoms with Gasteiger partial charge in [-0.3, -0.25) is 9.78 Å². The summed E-state index contributed by atoms with van der Waals surface area (Å²) in [6, 6.07) is 13.3. The molecule has 0 saturated carbocycles. The monoisotopic (exact) mass is 240 g/mol. The Balaban J connectivity index is 2.35. The topological polar surface area (TPSA) is 33.2 Å². The summed E-state index contributed by atoms with van der Waals surface area (Å²) in [6.07, 6.45) is 1.70. The normalized spacial score (nSPS) is 10.1. The van der Waals surface area contributed by atoms with E-state index in [9.17, 15) is 4.79 Å². The lowest BCUT2D eigenvalue weighted by Crippen LogP contribution is -2.31. The van der Waals surface area contributed by atoms with Crippen LogP contribution in [0, 0.1) is 6.92 Å². The Morgan fingerprint density at radius 3 is 2.50 bits per heavy atom. The van der Waals surface area contributed by atoms with Crippen molar-refractivity contribution in [2.75, 3.05) is 11.4 Å². The van der Waals surface area contributed by atoms with Gasteiger partial charge in [-0.25, -0.2) is 0 Å². The highest BCUT2D eigenvalue weighted by Crippen LogP contribution is 2.17. The molecule has 0 spiro atoms. The number of aryl methyl sites for hydroxylation is 1. The molecule has 0 radical (unpaired) electrons. The van der Waals surface area contributed by atoms with Gasteiger partial charge in [-0.05, 0) is 38.1 Å². The maximum Gasteiger partial charge on any atom is 0.260 e. The van der Waals surface area contributed by atoms with Crippen molar-refractivity contribution in [1.82, 2.24) is 4.98 Å². The SMILES string of the molecule is CCN(C(=O)c1cccnc1C)c1ccccc1. The third kappa shape index (κ3) is 2.40. The van der Waals surface area contributed by atoms with E-state index < -0.39 is 0 Å². The molecule has 1 amide bonds. The fourth-order valence-electron chi connectivity index (χ4n) is 1.91. The van der Waals surface area contributed by atoms with Gasteiger partial charge in [0.25, 0.3) is 5.91 Å². The standard InChI is InChI=1S/C15H16N2O/c1-3-17(13-8-5-4-6-9-13)15(18)14-10-7-11-16-12(14)2/h4-11H,3H2,1-2H3. The zero-order valence-electron chi connectivity index (χ0n) is 10.6. The first-order valence-electron chi connectivity index (χ1n) is 6.02. The summed E-state index contributed by atoms with van der Waals surface area (Å²) in [5, 5.41) is 0. The predicted octanol–water partition coefficient (Wildman–Crippen LogP) is 3.06. The van der Waals surface area contributed by atoms with Crippen molar-refractivity contribution in [3.8, 4) is 0 Å². The molecule has 0 fully saturated rings. The number of carbonyl (C=O) groups is 1. The fraction of sp³-hybridized carbons (Fsp3) is 0.200. The Hall–Kier alpha value is -2.16. The van der Waals surface area contributed by atoms with Gasteiger partial charge in [-0.2, -0.15) is 0 Å². The highest BCUT2D eigenvalue weighted by Gasteiger charge is 2.17. The zero-order valence-corrected chi connectivity index (χ0v) is 10.6. The average molecular weight is 240 g/mol. The largest absolute Gasteiger partial charge is 0.309 e. The van der Waals surface area contributed by atoms with Gasteiger partial charge in [0, 0.05) is 24.1 Å². The number of amides is 1. The first kappa shape index (κ1) is 12.3. The molecule has 0 N–H and O–H groups in total. The molecule has 0 aliphatic heterocycles. The lowest BCUT2D eigenvalue weighted by Gasteiger charge is -2.21. The van der Waals surface area contributed by atoms with Gasteiger partial charge in [0.2, 0.25) is 0 Å². The van der Waals surface area contributed by atoms with Crippen LogP contribution in [-0.4, -0.2) is 17.4 Å². The quantitative estimate of drug-likeness (QED) is 0.826. The van der Waals surface area contributed by atoms with Gasteiger partial charge in [0.15, 0.2) is 0 Å². The maximum atomic E-state index is 12.5. The van der Waals surface area contributed by atoms with E-state index in [1.54, 1.807) is 17.2 Å². The van der Waals surface area contributed by atoms with Gasteiger partial charge in [0.05, 0.1) is 5.56 Å². The average Bonchev–Trinajstić information content (AvgIpc) is 2.41. The molecule has 18 heavy (non-hydrogen) atoms. The van der Waals surface area contributed by atoms with Crippen molar-refractivity contribution in [3.63, 3.8) is 0 Å². The van der Waals surface area contributed by atoms with Crippen molar-refractivity contribution in [1.29, 1.82) is 0 Å². The molecule has 2 rings (SSSR count). The Labute approximate surface area is 107 Å². The fourth-order valence-corrected chi connectivity index (χ4v) is 1.91. The van der Waals surface area contributed by atoms with Crippen LogP contribution in [0.1, 0.15) is 23.0 Å². The minimum absolute atomic E-state index is 0.00528. The van der Waals surface area contributed by atoms with Crippen LogP contribution in [0.4, 0.5) is 5.69 Å². The smallest absolute Gasteiger partial charge is 0.260 e. The number of hydrogen-bond donors (Lipinski definition) is 0. The summed E-state index contributed by atoms with van der Waals surface area (Å²) < 4.78 is 0. The summed E-state index contributed by atoms with van der Waals surface area (Å²) >= 11 is 0. The Bertz CT molecular complexity index is 537. The molecule has 0 aliphatic carbocycles. The van der Waals surface area contributed by atoms with Crippen LogP contribution >= 0.6 is 0 Å². The Morgan fingerprint density at radius 1 is 1.17 bits per heavy atom. The molecular formula is C15H16N2O. The number of rotatable bonds is 3. The lowest BCUT2D eigenvalue weighted by molar-refractivity contribution is 0.0987. The molecule has 1 heterocycles. The van der Waals surface area contributed by atoms with Crippen LogP contribution in [0.5, 0.6) is 0 Å². The molecule has 0 atom stereocenters. The molecule has 0 saturated heterocycles. The number of para-hydroxylation sites is 1. The van der Waals surface area contributed by atoms with Crippen molar-refractivity contribution in [2.45, 2.75) is 13.8 Å². The minimum atomic E-state index is -0.00528. The van der Waals surface area contributed by atoms with E-state index in [-0.39, 0.29) is 5.91 Å². The highest BCUT2D eigenvalue weighted by atomic mass is 16.2. The second-order valence-corrected chi connectivity index (χ2v) is 4.02. The van der Waals surface area contributed by atoms with Crippen LogP contribution in [0.3, 0.4) is 0 Å². The number of carbonyl (C=O) groups excluding carboxylic acids is 1. The molecule has 0 unspecified atom stereocenters. The molecule has 1 aromatic carbocycles. The molecule has 3 nitrogen and oxygen atoms in total. The summed E-state index contributed by atoms with van der Waals surface area (Å²) in [7, 11) is 0. The van der Waals surface area contributed by atoms with Crippen molar-refractivity contribution >= 4 is 11.6 Å². The van der Waals surface area contributed by atoms with Crippen LogP contribution in [-0.2, 0) is 0 Å². The molecule has 3 heteroatoms. The van der Waals surface area contributed by atoms with Gasteiger partial charge < -0.3 is 4.90 Å². The zero-order chi connectivity index (χ0) is 13.0. The summed E-state index contributed by atoms with van der Waals surface area (Å²) in [5.41, 5.74) is 2.33. The van der Waals surface area contributed by atoms with E-state index in [2.05, 4.69) is 4.98 Å². The molecule has 0 aliphatic rings. The van der Waals surface area contributed by atoms with Gasteiger partial charge in [-0.1, -0.05) is 18.2 Å². The van der Waals surface area contributed by atoms with Gasteiger partial charge in [-0.15, -0.1) is 0 Å². The molecular weight excluding hydrogens is 224 g/mol.